The van der Waals surface area contributed by atoms with E-state index in [0.29, 0.717) is 37.9 Å². The average Bonchev–Trinajstić information content (AvgIpc) is 2.81. The topological polar surface area (TPSA) is 55.3 Å². The van der Waals surface area contributed by atoms with Crippen molar-refractivity contribution in [3.05, 3.63) is 60.2 Å². The highest BCUT2D eigenvalue weighted by molar-refractivity contribution is 5.91. The predicted molar refractivity (Wildman–Crippen MR) is 82.4 cm³/mol. The van der Waals surface area contributed by atoms with Crippen molar-refractivity contribution >= 4 is 5.91 Å². The molecule has 0 unspecified atom stereocenters. The minimum absolute atomic E-state index is 0.0725. The van der Waals surface area contributed by atoms with Gasteiger partial charge in [0.25, 0.3) is 5.91 Å². The lowest BCUT2D eigenvalue weighted by atomic mass is 9.99. The van der Waals surface area contributed by atoms with Gasteiger partial charge in [-0.1, -0.05) is 30.3 Å². The maximum Gasteiger partial charge on any atom is 0.274 e. The van der Waals surface area contributed by atoms with Crippen LogP contribution in [0.2, 0.25) is 0 Å². The summed E-state index contributed by atoms with van der Waals surface area (Å²) in [6.45, 7) is 2.53. The fraction of sp³-hybridized carbons (Fsp3) is 0.353. The minimum Gasteiger partial charge on any atom is -0.379 e. The first-order chi connectivity index (χ1) is 10.8. The number of amides is 1. The van der Waals surface area contributed by atoms with Crippen LogP contribution in [0, 0.1) is 5.92 Å². The second-order valence-electron chi connectivity index (χ2n) is 5.47. The van der Waals surface area contributed by atoms with Crippen molar-refractivity contribution in [1.29, 1.82) is 0 Å². The number of nitrogens with zero attached hydrogens (tertiary/aromatic N) is 3. The molecule has 1 atom stereocenters. The second-order valence-corrected chi connectivity index (χ2v) is 5.47. The number of hydrogen-bond donors (Lipinski definition) is 0. The first kappa shape index (κ1) is 14.7. The molecule has 5 heteroatoms. The van der Waals surface area contributed by atoms with E-state index in [1.807, 2.05) is 23.1 Å². The predicted octanol–water partition coefficient (Wildman–Crippen LogP) is 1.81. The number of hydrogen-bond acceptors (Lipinski definition) is 4. The number of benzene rings is 1. The minimum atomic E-state index is -0.0725. The molecular weight excluding hydrogens is 278 g/mol. The Morgan fingerprint density at radius 2 is 2.14 bits per heavy atom. The number of carbonyl (C=O) groups is 1. The molecule has 0 aliphatic carbocycles. The Morgan fingerprint density at radius 3 is 2.91 bits per heavy atom. The highest BCUT2D eigenvalue weighted by atomic mass is 16.5. The molecule has 3 rings (SSSR count). The standard InChI is InChI=1S/C17H19N3O2/c21-17(16-11-18-6-7-19-16)20-8-9-22-13-15(12-20)10-14-4-2-1-3-5-14/h1-7,11,15H,8-10,12-13H2/t15-/m1/s1. The SMILES string of the molecule is O=C(c1cnccn1)N1CCOC[C@H](Cc2ccccc2)C1. The van der Waals surface area contributed by atoms with E-state index >= 15 is 0 Å². The van der Waals surface area contributed by atoms with E-state index in [1.54, 1.807) is 12.4 Å². The van der Waals surface area contributed by atoms with Crippen LogP contribution in [-0.4, -0.2) is 47.1 Å². The van der Waals surface area contributed by atoms with Gasteiger partial charge < -0.3 is 9.64 Å². The van der Waals surface area contributed by atoms with Crippen molar-refractivity contribution in [2.24, 2.45) is 5.92 Å². The Balaban J connectivity index is 1.69. The molecule has 5 nitrogen and oxygen atoms in total. The van der Waals surface area contributed by atoms with Crippen LogP contribution in [-0.2, 0) is 11.2 Å². The highest BCUT2D eigenvalue weighted by Gasteiger charge is 2.24. The van der Waals surface area contributed by atoms with E-state index in [1.165, 1.54) is 11.8 Å². The third kappa shape index (κ3) is 3.68. The Hall–Kier alpha value is -2.27. The quantitative estimate of drug-likeness (QED) is 0.867. The first-order valence-electron chi connectivity index (χ1n) is 7.50. The molecule has 0 spiro atoms. The third-order valence-electron chi connectivity index (χ3n) is 3.77. The summed E-state index contributed by atoms with van der Waals surface area (Å²) in [5, 5.41) is 0. The van der Waals surface area contributed by atoms with Crippen LogP contribution in [0.3, 0.4) is 0 Å². The largest absolute Gasteiger partial charge is 0.379 e. The van der Waals surface area contributed by atoms with Gasteiger partial charge in [0.2, 0.25) is 0 Å². The summed E-state index contributed by atoms with van der Waals surface area (Å²) in [5.41, 5.74) is 1.66. The lowest BCUT2D eigenvalue weighted by Gasteiger charge is -2.23. The second kappa shape index (κ2) is 7.13. The molecule has 1 amide bonds. The van der Waals surface area contributed by atoms with Gasteiger partial charge in [-0.3, -0.25) is 9.78 Å². The Bertz CT molecular complexity index is 604. The van der Waals surface area contributed by atoms with Crippen LogP contribution in [0.5, 0.6) is 0 Å². The molecule has 1 fully saturated rings. The van der Waals surface area contributed by atoms with Gasteiger partial charge in [0.15, 0.2) is 0 Å². The molecule has 0 N–H and O–H groups in total. The van der Waals surface area contributed by atoms with Crippen LogP contribution < -0.4 is 0 Å². The lowest BCUT2D eigenvalue weighted by Crippen LogP contribution is -2.36. The third-order valence-corrected chi connectivity index (χ3v) is 3.77. The maximum absolute atomic E-state index is 12.5. The average molecular weight is 297 g/mol. The van der Waals surface area contributed by atoms with Gasteiger partial charge in [-0.2, -0.15) is 0 Å². The molecule has 1 saturated heterocycles. The highest BCUT2D eigenvalue weighted by Crippen LogP contribution is 2.15. The van der Waals surface area contributed by atoms with E-state index < -0.39 is 0 Å². The lowest BCUT2D eigenvalue weighted by molar-refractivity contribution is 0.0731. The molecule has 1 aromatic carbocycles. The van der Waals surface area contributed by atoms with Gasteiger partial charge >= 0.3 is 0 Å². The summed E-state index contributed by atoms with van der Waals surface area (Å²) in [6.07, 6.45) is 5.54. The molecule has 0 saturated carbocycles. The molecule has 114 valence electrons. The zero-order valence-corrected chi connectivity index (χ0v) is 12.4. The number of carbonyl (C=O) groups excluding carboxylic acids is 1. The summed E-state index contributed by atoms with van der Waals surface area (Å²) in [7, 11) is 0. The van der Waals surface area contributed by atoms with Crippen LogP contribution >= 0.6 is 0 Å². The fourth-order valence-corrected chi connectivity index (χ4v) is 2.71. The summed E-state index contributed by atoms with van der Waals surface area (Å²) in [4.78, 5) is 22.4. The van der Waals surface area contributed by atoms with E-state index in [9.17, 15) is 4.79 Å². The van der Waals surface area contributed by atoms with Gasteiger partial charge in [0.05, 0.1) is 19.4 Å². The summed E-state index contributed by atoms with van der Waals surface area (Å²) in [5.74, 6) is 0.224. The first-order valence-corrected chi connectivity index (χ1v) is 7.50. The van der Waals surface area contributed by atoms with E-state index in [-0.39, 0.29) is 5.91 Å². The van der Waals surface area contributed by atoms with Crippen molar-refractivity contribution in [2.75, 3.05) is 26.3 Å². The zero-order chi connectivity index (χ0) is 15.2. The van der Waals surface area contributed by atoms with Gasteiger partial charge in [0, 0.05) is 31.4 Å². The molecule has 0 radical (unpaired) electrons. The summed E-state index contributed by atoms with van der Waals surface area (Å²) in [6, 6.07) is 10.3. The van der Waals surface area contributed by atoms with Crippen LogP contribution in [0.25, 0.3) is 0 Å². The molecular formula is C17H19N3O2. The van der Waals surface area contributed by atoms with E-state index in [0.717, 1.165) is 6.42 Å². The molecule has 2 aromatic rings. The molecule has 1 aromatic heterocycles. The number of ether oxygens (including phenoxy) is 1. The monoisotopic (exact) mass is 297 g/mol. The maximum atomic E-state index is 12.5. The van der Waals surface area contributed by atoms with Crippen molar-refractivity contribution in [2.45, 2.75) is 6.42 Å². The van der Waals surface area contributed by atoms with Crippen molar-refractivity contribution in [3.63, 3.8) is 0 Å². The Kier molecular flexibility index (Phi) is 4.75. The molecule has 0 bridgehead atoms. The smallest absolute Gasteiger partial charge is 0.274 e. The fourth-order valence-electron chi connectivity index (χ4n) is 2.71. The Morgan fingerprint density at radius 1 is 1.27 bits per heavy atom. The van der Waals surface area contributed by atoms with Crippen LogP contribution in [0.15, 0.2) is 48.9 Å². The molecule has 1 aliphatic heterocycles. The van der Waals surface area contributed by atoms with E-state index in [4.69, 9.17) is 4.74 Å². The summed E-state index contributed by atoms with van der Waals surface area (Å²) >= 11 is 0. The van der Waals surface area contributed by atoms with Crippen molar-refractivity contribution in [1.82, 2.24) is 14.9 Å². The Labute approximate surface area is 130 Å². The van der Waals surface area contributed by atoms with Gasteiger partial charge in [-0.25, -0.2) is 4.98 Å². The van der Waals surface area contributed by atoms with E-state index in [2.05, 4.69) is 22.1 Å². The van der Waals surface area contributed by atoms with Crippen LogP contribution in [0.1, 0.15) is 16.1 Å². The molecule has 1 aliphatic rings. The molecule has 22 heavy (non-hydrogen) atoms. The zero-order valence-electron chi connectivity index (χ0n) is 12.4. The molecule has 2 heterocycles. The van der Waals surface area contributed by atoms with Crippen molar-refractivity contribution < 1.29 is 9.53 Å². The normalized spacial score (nSPS) is 18.7. The van der Waals surface area contributed by atoms with Crippen molar-refractivity contribution in [3.8, 4) is 0 Å². The van der Waals surface area contributed by atoms with Gasteiger partial charge in [-0.05, 0) is 12.0 Å². The van der Waals surface area contributed by atoms with Crippen LogP contribution in [0.4, 0.5) is 0 Å². The number of rotatable bonds is 3. The van der Waals surface area contributed by atoms with Gasteiger partial charge in [-0.15, -0.1) is 0 Å². The van der Waals surface area contributed by atoms with Gasteiger partial charge in [0.1, 0.15) is 5.69 Å². The summed E-state index contributed by atoms with van der Waals surface area (Å²) < 4.78 is 5.67. The number of aromatic nitrogens is 2.